The molecule has 1 aromatic rings. The van der Waals surface area contributed by atoms with Crippen LogP contribution in [0.15, 0.2) is 23.1 Å². The van der Waals surface area contributed by atoms with Crippen molar-refractivity contribution in [3.8, 4) is 0 Å². The van der Waals surface area contributed by atoms with E-state index in [9.17, 15) is 4.79 Å². The van der Waals surface area contributed by atoms with Crippen LogP contribution < -0.4 is 15.8 Å². The fraction of sp³-hybridized carbons (Fsp3) is 0.583. The number of pyridine rings is 1. The van der Waals surface area contributed by atoms with E-state index in [0.717, 1.165) is 31.9 Å². The summed E-state index contributed by atoms with van der Waals surface area (Å²) in [6.45, 7) is 4.83. The molecule has 1 saturated heterocycles. The van der Waals surface area contributed by atoms with Crippen molar-refractivity contribution in [2.45, 2.75) is 6.54 Å². The van der Waals surface area contributed by atoms with Crippen LogP contribution in [-0.4, -0.2) is 44.5 Å². The van der Waals surface area contributed by atoms with E-state index in [0.29, 0.717) is 13.2 Å². The van der Waals surface area contributed by atoms with Crippen LogP contribution in [0.1, 0.15) is 0 Å². The minimum atomic E-state index is 0.0754. The van der Waals surface area contributed by atoms with Gasteiger partial charge in [-0.3, -0.25) is 4.79 Å². The zero-order valence-electron chi connectivity index (χ0n) is 10.2. The molecule has 0 bridgehead atoms. The van der Waals surface area contributed by atoms with Gasteiger partial charge in [-0.25, -0.2) is 0 Å². The first-order valence-corrected chi connectivity index (χ1v) is 5.97. The maximum atomic E-state index is 12.2. The van der Waals surface area contributed by atoms with Crippen molar-refractivity contribution in [2.75, 3.05) is 44.8 Å². The fourth-order valence-corrected chi connectivity index (χ4v) is 2.04. The van der Waals surface area contributed by atoms with E-state index in [1.165, 1.54) is 0 Å². The molecule has 0 atom stereocenters. The third-order valence-electron chi connectivity index (χ3n) is 2.99. The first kappa shape index (κ1) is 12.1. The molecule has 0 saturated carbocycles. The molecule has 5 nitrogen and oxygen atoms in total. The van der Waals surface area contributed by atoms with E-state index in [1.807, 2.05) is 18.3 Å². The summed E-state index contributed by atoms with van der Waals surface area (Å²) >= 11 is 0. The Labute approximate surface area is 101 Å². The second-order valence-electron chi connectivity index (χ2n) is 4.12. The Morgan fingerprint density at radius 1 is 1.41 bits per heavy atom. The van der Waals surface area contributed by atoms with Crippen LogP contribution in [-0.2, 0) is 11.3 Å². The third-order valence-corrected chi connectivity index (χ3v) is 2.99. The number of hydrogen-bond donors (Lipinski definition) is 1. The molecule has 1 aliphatic heterocycles. The van der Waals surface area contributed by atoms with Crippen molar-refractivity contribution in [3.63, 3.8) is 0 Å². The highest BCUT2D eigenvalue weighted by atomic mass is 16.5. The lowest BCUT2D eigenvalue weighted by Crippen LogP contribution is -2.46. The summed E-state index contributed by atoms with van der Waals surface area (Å²) in [7, 11) is 1.64. The van der Waals surface area contributed by atoms with Gasteiger partial charge in [-0.05, 0) is 12.1 Å². The largest absolute Gasteiger partial charge is 0.383 e. The van der Waals surface area contributed by atoms with E-state index >= 15 is 0 Å². The molecule has 1 fully saturated rings. The molecule has 0 amide bonds. The Morgan fingerprint density at radius 2 is 2.18 bits per heavy atom. The Kier molecular flexibility index (Phi) is 4.17. The maximum Gasteiger partial charge on any atom is 0.274 e. The predicted octanol–water partition coefficient (Wildman–Crippen LogP) is -0.0957. The van der Waals surface area contributed by atoms with Crippen LogP contribution in [0.25, 0.3) is 0 Å². The first-order chi connectivity index (χ1) is 8.33. The molecule has 0 radical (unpaired) electrons. The lowest BCUT2D eigenvalue weighted by Gasteiger charge is -2.29. The summed E-state index contributed by atoms with van der Waals surface area (Å²) in [6.07, 6.45) is 1.81. The molecule has 17 heavy (non-hydrogen) atoms. The highest BCUT2D eigenvalue weighted by Crippen LogP contribution is 2.08. The maximum absolute atomic E-state index is 12.2. The van der Waals surface area contributed by atoms with Gasteiger partial charge in [0.1, 0.15) is 5.69 Å². The predicted molar refractivity (Wildman–Crippen MR) is 67.7 cm³/mol. The molecule has 1 N–H and O–H groups in total. The van der Waals surface area contributed by atoms with Gasteiger partial charge in [-0.2, -0.15) is 0 Å². The van der Waals surface area contributed by atoms with E-state index in [1.54, 1.807) is 11.7 Å². The summed E-state index contributed by atoms with van der Waals surface area (Å²) in [5.41, 5.74) is 0.872. The standard InChI is InChI=1S/C12H19N3O2/c1-17-10-9-15-6-2-3-11(12(15)16)14-7-4-13-5-8-14/h2-3,6,13H,4-5,7-10H2,1H3. The summed E-state index contributed by atoms with van der Waals surface area (Å²) in [6, 6.07) is 3.82. The lowest BCUT2D eigenvalue weighted by molar-refractivity contribution is 0.186. The van der Waals surface area contributed by atoms with Crippen molar-refractivity contribution in [1.82, 2.24) is 9.88 Å². The normalized spacial score (nSPS) is 16.2. The SMILES string of the molecule is COCCn1cccc(N2CCNCC2)c1=O. The summed E-state index contributed by atoms with van der Waals surface area (Å²) in [5.74, 6) is 0. The van der Waals surface area contributed by atoms with Gasteiger partial charge in [0.05, 0.1) is 6.61 Å². The molecule has 94 valence electrons. The highest BCUT2D eigenvalue weighted by Gasteiger charge is 2.14. The monoisotopic (exact) mass is 237 g/mol. The average molecular weight is 237 g/mol. The minimum Gasteiger partial charge on any atom is -0.383 e. The quantitative estimate of drug-likeness (QED) is 0.794. The number of nitrogens with one attached hydrogen (secondary N) is 1. The number of hydrogen-bond acceptors (Lipinski definition) is 4. The van der Waals surface area contributed by atoms with Crippen LogP contribution in [0.2, 0.25) is 0 Å². The van der Waals surface area contributed by atoms with Gasteiger partial charge in [0, 0.05) is 46.0 Å². The minimum absolute atomic E-state index is 0.0754. The molecular weight excluding hydrogens is 218 g/mol. The van der Waals surface area contributed by atoms with Crippen molar-refractivity contribution in [3.05, 3.63) is 28.7 Å². The van der Waals surface area contributed by atoms with Crippen LogP contribution in [0.3, 0.4) is 0 Å². The molecule has 1 aromatic heterocycles. The van der Waals surface area contributed by atoms with Crippen molar-refractivity contribution < 1.29 is 4.74 Å². The summed E-state index contributed by atoms with van der Waals surface area (Å²) in [4.78, 5) is 14.4. The smallest absolute Gasteiger partial charge is 0.274 e. The molecule has 0 aromatic carbocycles. The van der Waals surface area contributed by atoms with Gasteiger partial charge >= 0.3 is 0 Å². The Hall–Kier alpha value is -1.33. The summed E-state index contributed by atoms with van der Waals surface area (Å²) < 4.78 is 6.71. The van der Waals surface area contributed by atoms with Gasteiger partial charge in [0.25, 0.3) is 5.56 Å². The van der Waals surface area contributed by atoms with E-state index in [4.69, 9.17) is 4.74 Å². The van der Waals surface area contributed by atoms with Crippen molar-refractivity contribution in [2.24, 2.45) is 0 Å². The molecule has 1 aliphatic rings. The van der Waals surface area contributed by atoms with Crippen LogP contribution in [0, 0.1) is 0 Å². The fourth-order valence-electron chi connectivity index (χ4n) is 2.04. The number of rotatable bonds is 4. The van der Waals surface area contributed by atoms with Gasteiger partial charge < -0.3 is 19.5 Å². The number of anilines is 1. The molecule has 0 aliphatic carbocycles. The van der Waals surface area contributed by atoms with E-state index in [-0.39, 0.29) is 5.56 Å². The third kappa shape index (κ3) is 2.87. The molecule has 2 heterocycles. The second-order valence-corrected chi connectivity index (χ2v) is 4.12. The number of ether oxygens (including phenoxy) is 1. The molecule has 0 spiro atoms. The van der Waals surface area contributed by atoms with Gasteiger partial charge in [0.2, 0.25) is 0 Å². The average Bonchev–Trinajstić information content (AvgIpc) is 2.39. The summed E-state index contributed by atoms with van der Waals surface area (Å²) in [5, 5.41) is 3.28. The number of methoxy groups -OCH3 is 1. The lowest BCUT2D eigenvalue weighted by atomic mass is 10.3. The van der Waals surface area contributed by atoms with Crippen LogP contribution in [0.5, 0.6) is 0 Å². The number of piperazine rings is 1. The van der Waals surface area contributed by atoms with Crippen LogP contribution in [0.4, 0.5) is 5.69 Å². The Morgan fingerprint density at radius 3 is 2.88 bits per heavy atom. The van der Waals surface area contributed by atoms with Gasteiger partial charge in [0.15, 0.2) is 0 Å². The topological polar surface area (TPSA) is 46.5 Å². The first-order valence-electron chi connectivity index (χ1n) is 5.97. The number of aromatic nitrogens is 1. The molecule has 2 rings (SSSR count). The van der Waals surface area contributed by atoms with Gasteiger partial charge in [-0.15, -0.1) is 0 Å². The van der Waals surface area contributed by atoms with E-state index in [2.05, 4.69) is 10.2 Å². The Balaban J connectivity index is 2.19. The molecular formula is C12H19N3O2. The highest BCUT2D eigenvalue weighted by molar-refractivity contribution is 5.44. The Bertz CT molecular complexity index is 410. The van der Waals surface area contributed by atoms with E-state index < -0.39 is 0 Å². The second kappa shape index (κ2) is 5.84. The number of nitrogens with zero attached hydrogens (tertiary/aromatic N) is 2. The van der Waals surface area contributed by atoms with Crippen molar-refractivity contribution >= 4 is 5.69 Å². The van der Waals surface area contributed by atoms with Gasteiger partial charge in [-0.1, -0.05) is 0 Å². The van der Waals surface area contributed by atoms with Crippen LogP contribution >= 0.6 is 0 Å². The van der Waals surface area contributed by atoms with Crippen molar-refractivity contribution in [1.29, 1.82) is 0 Å². The molecule has 0 unspecified atom stereocenters. The molecule has 5 heteroatoms. The zero-order valence-corrected chi connectivity index (χ0v) is 10.2. The zero-order chi connectivity index (χ0) is 12.1.